The van der Waals surface area contributed by atoms with E-state index < -0.39 is 11.4 Å². The molecular weight excluding hydrogens is 257 g/mol. The predicted octanol–water partition coefficient (Wildman–Crippen LogP) is 3.28. The first-order valence-corrected chi connectivity index (χ1v) is 7.16. The third-order valence-electron chi connectivity index (χ3n) is 4.40. The van der Waals surface area contributed by atoms with Gasteiger partial charge in [-0.25, -0.2) is 4.39 Å². The molecule has 1 aliphatic heterocycles. The van der Waals surface area contributed by atoms with Crippen LogP contribution in [0.15, 0.2) is 18.2 Å². The number of Topliss-reactive ketones (excluding diaryl/α,β-unsaturated/α-hetero) is 1. The highest BCUT2D eigenvalue weighted by atomic mass is 19.1. The molecule has 1 unspecified atom stereocenters. The van der Waals surface area contributed by atoms with Crippen molar-refractivity contribution in [3.8, 4) is 5.75 Å². The van der Waals surface area contributed by atoms with Crippen molar-refractivity contribution in [2.45, 2.75) is 38.6 Å². The van der Waals surface area contributed by atoms with E-state index in [4.69, 9.17) is 4.74 Å². The SMILES string of the molecule is CCC(C)(C(=O)c1ccc(OC)c(F)c1)N1CCCC1. The molecule has 2 rings (SSSR count). The number of hydrogen-bond donors (Lipinski definition) is 0. The van der Waals surface area contributed by atoms with Crippen LogP contribution in [-0.4, -0.2) is 36.4 Å². The Morgan fingerprint density at radius 2 is 2.05 bits per heavy atom. The zero-order valence-electron chi connectivity index (χ0n) is 12.4. The topological polar surface area (TPSA) is 29.5 Å². The van der Waals surface area contributed by atoms with Crippen molar-refractivity contribution in [1.82, 2.24) is 4.90 Å². The molecule has 0 amide bonds. The van der Waals surface area contributed by atoms with E-state index in [0.717, 1.165) is 32.4 Å². The van der Waals surface area contributed by atoms with Crippen LogP contribution in [0.3, 0.4) is 0 Å². The van der Waals surface area contributed by atoms with Crippen molar-refractivity contribution < 1.29 is 13.9 Å². The third kappa shape index (κ3) is 2.57. The van der Waals surface area contributed by atoms with Crippen LogP contribution < -0.4 is 4.74 Å². The van der Waals surface area contributed by atoms with Crippen LogP contribution in [0.1, 0.15) is 43.5 Å². The van der Waals surface area contributed by atoms with Gasteiger partial charge in [0.2, 0.25) is 0 Å². The van der Waals surface area contributed by atoms with Crippen molar-refractivity contribution in [3.63, 3.8) is 0 Å². The molecule has 0 bridgehead atoms. The summed E-state index contributed by atoms with van der Waals surface area (Å²) < 4.78 is 18.7. The van der Waals surface area contributed by atoms with Gasteiger partial charge >= 0.3 is 0 Å². The first-order valence-electron chi connectivity index (χ1n) is 7.16. The van der Waals surface area contributed by atoms with Gasteiger partial charge in [0, 0.05) is 5.56 Å². The number of likely N-dealkylation sites (tertiary alicyclic amines) is 1. The van der Waals surface area contributed by atoms with E-state index >= 15 is 0 Å². The Morgan fingerprint density at radius 1 is 1.40 bits per heavy atom. The molecule has 110 valence electrons. The normalized spacial score (nSPS) is 18.8. The number of ketones is 1. The Balaban J connectivity index is 2.30. The first-order chi connectivity index (χ1) is 9.52. The summed E-state index contributed by atoms with van der Waals surface area (Å²) in [6.45, 7) is 5.85. The molecule has 0 spiro atoms. The highest BCUT2D eigenvalue weighted by Crippen LogP contribution is 2.29. The van der Waals surface area contributed by atoms with Crippen LogP contribution in [0.5, 0.6) is 5.75 Å². The minimum atomic E-state index is -0.544. The minimum Gasteiger partial charge on any atom is -0.494 e. The molecule has 0 radical (unpaired) electrons. The van der Waals surface area contributed by atoms with Gasteiger partial charge in [-0.15, -0.1) is 0 Å². The van der Waals surface area contributed by atoms with Gasteiger partial charge in [0.15, 0.2) is 17.3 Å². The maximum absolute atomic E-state index is 13.8. The molecule has 1 aromatic carbocycles. The first kappa shape index (κ1) is 15.0. The number of hydrogen-bond acceptors (Lipinski definition) is 3. The molecule has 1 heterocycles. The average molecular weight is 279 g/mol. The summed E-state index contributed by atoms with van der Waals surface area (Å²) in [6.07, 6.45) is 2.97. The van der Waals surface area contributed by atoms with Crippen LogP contribution >= 0.6 is 0 Å². The second-order valence-corrected chi connectivity index (χ2v) is 5.50. The second-order valence-electron chi connectivity index (χ2n) is 5.50. The number of rotatable bonds is 5. The highest BCUT2D eigenvalue weighted by molar-refractivity contribution is 6.03. The number of halogens is 1. The summed E-state index contributed by atoms with van der Waals surface area (Å²) in [7, 11) is 1.42. The fourth-order valence-corrected chi connectivity index (χ4v) is 2.86. The van der Waals surface area contributed by atoms with Crippen LogP contribution in [0, 0.1) is 5.82 Å². The van der Waals surface area contributed by atoms with Crippen molar-refractivity contribution in [3.05, 3.63) is 29.6 Å². The molecule has 20 heavy (non-hydrogen) atoms. The summed E-state index contributed by atoms with van der Waals surface area (Å²) >= 11 is 0. The maximum Gasteiger partial charge on any atom is 0.182 e. The smallest absolute Gasteiger partial charge is 0.182 e. The van der Waals surface area contributed by atoms with Crippen molar-refractivity contribution >= 4 is 5.78 Å². The zero-order valence-corrected chi connectivity index (χ0v) is 12.4. The monoisotopic (exact) mass is 279 g/mol. The Kier molecular flexibility index (Phi) is 4.43. The Labute approximate surface area is 119 Å². The zero-order chi connectivity index (χ0) is 14.8. The minimum absolute atomic E-state index is 0.0107. The van der Waals surface area contributed by atoms with Crippen LogP contribution in [0.4, 0.5) is 4.39 Å². The van der Waals surface area contributed by atoms with Gasteiger partial charge in [-0.1, -0.05) is 6.92 Å². The van der Waals surface area contributed by atoms with Crippen LogP contribution in [0.25, 0.3) is 0 Å². The van der Waals surface area contributed by atoms with Gasteiger partial charge in [-0.2, -0.15) is 0 Å². The number of methoxy groups -OCH3 is 1. The van der Waals surface area contributed by atoms with Gasteiger partial charge in [-0.05, 0) is 57.5 Å². The van der Waals surface area contributed by atoms with E-state index in [2.05, 4.69) is 4.90 Å². The summed E-state index contributed by atoms with van der Waals surface area (Å²) in [4.78, 5) is 15.0. The van der Waals surface area contributed by atoms with E-state index in [1.807, 2.05) is 13.8 Å². The molecule has 1 aromatic rings. The van der Waals surface area contributed by atoms with Gasteiger partial charge in [0.25, 0.3) is 0 Å². The lowest BCUT2D eigenvalue weighted by Gasteiger charge is -2.36. The van der Waals surface area contributed by atoms with Gasteiger partial charge < -0.3 is 4.74 Å². The van der Waals surface area contributed by atoms with Crippen molar-refractivity contribution in [2.24, 2.45) is 0 Å². The molecular formula is C16H22FNO2. The summed E-state index contributed by atoms with van der Waals surface area (Å²) in [5.41, 5.74) is -0.128. The Bertz CT molecular complexity index is 497. The van der Waals surface area contributed by atoms with Gasteiger partial charge in [0.1, 0.15) is 0 Å². The van der Waals surface area contributed by atoms with Gasteiger partial charge in [0.05, 0.1) is 12.6 Å². The van der Waals surface area contributed by atoms with E-state index in [1.165, 1.54) is 19.2 Å². The lowest BCUT2D eigenvalue weighted by molar-refractivity contribution is 0.0647. The van der Waals surface area contributed by atoms with E-state index in [1.54, 1.807) is 6.07 Å². The molecule has 1 saturated heterocycles. The summed E-state index contributed by atoms with van der Waals surface area (Å²) in [6, 6.07) is 4.45. The molecule has 0 saturated carbocycles. The quantitative estimate of drug-likeness (QED) is 0.775. The molecule has 3 nitrogen and oxygen atoms in total. The Morgan fingerprint density at radius 3 is 2.55 bits per heavy atom. The highest BCUT2D eigenvalue weighted by Gasteiger charge is 2.39. The molecule has 1 aliphatic rings. The fraction of sp³-hybridized carbons (Fsp3) is 0.562. The predicted molar refractivity (Wildman–Crippen MR) is 76.8 cm³/mol. The number of carbonyl (C=O) groups excluding carboxylic acids is 1. The van der Waals surface area contributed by atoms with Crippen molar-refractivity contribution in [2.75, 3.05) is 20.2 Å². The Hall–Kier alpha value is -1.42. The molecule has 4 heteroatoms. The number of carbonyl (C=O) groups is 1. The lowest BCUT2D eigenvalue weighted by Crippen LogP contribution is -2.50. The number of ether oxygens (including phenoxy) is 1. The van der Waals surface area contributed by atoms with E-state index in [9.17, 15) is 9.18 Å². The molecule has 1 atom stereocenters. The molecule has 1 fully saturated rings. The molecule has 0 N–H and O–H groups in total. The van der Waals surface area contributed by atoms with Crippen LogP contribution in [-0.2, 0) is 0 Å². The fourth-order valence-electron chi connectivity index (χ4n) is 2.86. The van der Waals surface area contributed by atoms with Crippen LogP contribution in [0.2, 0.25) is 0 Å². The number of benzene rings is 1. The molecule has 0 aliphatic carbocycles. The average Bonchev–Trinajstić information content (AvgIpc) is 3.00. The molecule has 0 aromatic heterocycles. The van der Waals surface area contributed by atoms with E-state index in [0.29, 0.717) is 5.56 Å². The summed E-state index contributed by atoms with van der Waals surface area (Å²) in [5.74, 6) is -0.331. The maximum atomic E-state index is 13.8. The van der Waals surface area contributed by atoms with E-state index in [-0.39, 0.29) is 11.5 Å². The lowest BCUT2D eigenvalue weighted by atomic mass is 9.87. The van der Waals surface area contributed by atoms with Crippen molar-refractivity contribution in [1.29, 1.82) is 0 Å². The number of nitrogens with zero attached hydrogens (tertiary/aromatic N) is 1. The standard InChI is InChI=1S/C16H22FNO2/c1-4-16(2,18-9-5-6-10-18)15(19)12-7-8-14(20-3)13(17)11-12/h7-8,11H,4-6,9-10H2,1-3H3. The third-order valence-corrected chi connectivity index (χ3v) is 4.40. The summed E-state index contributed by atoms with van der Waals surface area (Å²) in [5, 5.41) is 0. The largest absolute Gasteiger partial charge is 0.494 e. The second kappa shape index (κ2) is 5.92. The van der Waals surface area contributed by atoms with Gasteiger partial charge in [-0.3, -0.25) is 9.69 Å².